The summed E-state index contributed by atoms with van der Waals surface area (Å²) < 4.78 is 5.45. The number of para-hydroxylation sites is 2. The molecule has 0 saturated heterocycles. The lowest BCUT2D eigenvalue weighted by atomic mass is 10.1. The Hall–Kier alpha value is -4.37. The van der Waals surface area contributed by atoms with Gasteiger partial charge in [-0.2, -0.15) is 0 Å². The summed E-state index contributed by atoms with van der Waals surface area (Å²) in [5.41, 5.74) is 4.29. The highest BCUT2D eigenvalue weighted by Crippen LogP contribution is 2.34. The van der Waals surface area contributed by atoms with Gasteiger partial charge in [-0.05, 0) is 55.0 Å². The van der Waals surface area contributed by atoms with E-state index in [1.54, 1.807) is 17.0 Å². The number of hydrogen-bond acceptors (Lipinski definition) is 6. The normalized spacial score (nSPS) is 16.1. The van der Waals surface area contributed by atoms with Crippen LogP contribution < -0.4 is 10.1 Å². The Balaban J connectivity index is 1.20. The first-order chi connectivity index (χ1) is 18.6. The lowest BCUT2D eigenvalue weighted by Gasteiger charge is -2.25. The van der Waals surface area contributed by atoms with Gasteiger partial charge in [0.15, 0.2) is 5.17 Å². The Morgan fingerprint density at radius 1 is 1.08 bits per heavy atom. The molecule has 1 atom stereocenters. The molecule has 1 aromatic heterocycles. The number of nitrogens with zero attached hydrogens (tertiary/aromatic N) is 3. The van der Waals surface area contributed by atoms with E-state index in [0.717, 1.165) is 33.5 Å². The summed E-state index contributed by atoms with van der Waals surface area (Å²) in [6, 6.07) is 22.3. The van der Waals surface area contributed by atoms with Crippen LogP contribution in [0.25, 0.3) is 10.9 Å². The molecule has 6 rings (SSSR count). The Morgan fingerprint density at radius 2 is 1.87 bits per heavy atom. The number of fused-ring (bicyclic) bond motifs is 4. The van der Waals surface area contributed by atoms with Crippen molar-refractivity contribution in [1.29, 1.82) is 0 Å². The van der Waals surface area contributed by atoms with Crippen LogP contribution >= 0.6 is 11.8 Å². The van der Waals surface area contributed by atoms with Gasteiger partial charge in [-0.1, -0.05) is 42.1 Å². The van der Waals surface area contributed by atoms with Crippen molar-refractivity contribution in [2.75, 3.05) is 17.7 Å². The maximum absolute atomic E-state index is 13.6. The van der Waals surface area contributed by atoms with Gasteiger partial charge in [0.25, 0.3) is 5.91 Å². The molecule has 38 heavy (non-hydrogen) atoms. The second-order valence-electron chi connectivity index (χ2n) is 8.91. The van der Waals surface area contributed by atoms with E-state index in [2.05, 4.69) is 10.3 Å². The van der Waals surface area contributed by atoms with Crippen LogP contribution in [-0.4, -0.2) is 51.1 Å². The molecule has 8 nitrogen and oxygen atoms in total. The molecular weight excluding hydrogens is 498 g/mol. The number of carbonyl (C=O) groups is 2. The minimum absolute atomic E-state index is 0.0956. The molecule has 0 saturated carbocycles. The average molecular weight is 524 g/mol. The monoisotopic (exact) mass is 523 g/mol. The number of amides is 2. The molecule has 0 bridgehead atoms. The number of benzene rings is 3. The molecule has 190 valence electrons. The molecule has 3 heterocycles. The summed E-state index contributed by atoms with van der Waals surface area (Å²) in [6.07, 6.45) is 2.42. The fourth-order valence-electron chi connectivity index (χ4n) is 4.67. The SMILES string of the molecule is CCOc1ccc(NC(=O)CSC2=Nc3ccccc3C3=N[C@@H](Cc4c[nH]c5ccccc45)C(=O)N23)cc1. The Labute approximate surface area is 223 Å². The molecule has 9 heteroatoms. The first-order valence-electron chi connectivity index (χ1n) is 12.4. The molecule has 0 aliphatic carbocycles. The number of ether oxygens (including phenoxy) is 1. The summed E-state index contributed by atoms with van der Waals surface area (Å²) in [7, 11) is 0. The summed E-state index contributed by atoms with van der Waals surface area (Å²) in [6.45, 7) is 2.50. The number of thioether (sulfide) groups is 1. The highest BCUT2D eigenvalue weighted by molar-refractivity contribution is 8.14. The lowest BCUT2D eigenvalue weighted by molar-refractivity contribution is -0.124. The van der Waals surface area contributed by atoms with Gasteiger partial charge in [0.1, 0.15) is 17.6 Å². The first kappa shape index (κ1) is 24.0. The minimum atomic E-state index is -0.571. The zero-order chi connectivity index (χ0) is 26.1. The summed E-state index contributed by atoms with van der Waals surface area (Å²) in [5, 5.41) is 4.43. The number of rotatable bonds is 7. The van der Waals surface area contributed by atoms with E-state index >= 15 is 0 Å². The van der Waals surface area contributed by atoms with Crippen LogP contribution in [0.4, 0.5) is 11.4 Å². The van der Waals surface area contributed by atoms with Crippen molar-refractivity contribution >= 4 is 56.9 Å². The van der Waals surface area contributed by atoms with E-state index in [1.165, 1.54) is 11.8 Å². The molecule has 4 aromatic rings. The van der Waals surface area contributed by atoms with E-state index in [0.29, 0.717) is 29.7 Å². The van der Waals surface area contributed by atoms with Gasteiger partial charge in [0, 0.05) is 34.8 Å². The number of aliphatic imine (C=N–C) groups is 2. The number of aromatic nitrogens is 1. The van der Waals surface area contributed by atoms with E-state index in [1.807, 2.05) is 73.8 Å². The molecule has 0 fully saturated rings. The van der Waals surface area contributed by atoms with Crippen molar-refractivity contribution in [2.45, 2.75) is 19.4 Å². The molecule has 2 aliphatic heterocycles. The van der Waals surface area contributed by atoms with Gasteiger partial charge in [-0.3, -0.25) is 14.6 Å². The predicted octanol–water partition coefficient (Wildman–Crippen LogP) is 5.14. The topological polar surface area (TPSA) is 99.1 Å². The number of anilines is 1. The van der Waals surface area contributed by atoms with Crippen molar-refractivity contribution in [2.24, 2.45) is 9.98 Å². The van der Waals surface area contributed by atoms with E-state index in [9.17, 15) is 9.59 Å². The third kappa shape index (κ3) is 4.56. The van der Waals surface area contributed by atoms with Crippen LogP contribution in [0.3, 0.4) is 0 Å². The van der Waals surface area contributed by atoms with Crippen LogP contribution in [0.2, 0.25) is 0 Å². The molecule has 2 aliphatic rings. The van der Waals surface area contributed by atoms with Crippen molar-refractivity contribution in [3.05, 3.63) is 90.1 Å². The van der Waals surface area contributed by atoms with Crippen LogP contribution in [0.15, 0.2) is 89.0 Å². The quantitative estimate of drug-likeness (QED) is 0.350. The second kappa shape index (κ2) is 10.2. The van der Waals surface area contributed by atoms with Gasteiger partial charge in [0.2, 0.25) is 5.91 Å². The van der Waals surface area contributed by atoms with Gasteiger partial charge < -0.3 is 15.0 Å². The highest BCUT2D eigenvalue weighted by atomic mass is 32.2. The average Bonchev–Trinajstić information content (AvgIpc) is 3.50. The Kier molecular flexibility index (Phi) is 6.43. The molecule has 2 amide bonds. The third-order valence-electron chi connectivity index (χ3n) is 6.42. The summed E-state index contributed by atoms with van der Waals surface area (Å²) in [5.74, 6) is 1.09. The Morgan fingerprint density at radius 3 is 2.71 bits per heavy atom. The summed E-state index contributed by atoms with van der Waals surface area (Å²) >= 11 is 1.22. The van der Waals surface area contributed by atoms with Gasteiger partial charge >= 0.3 is 0 Å². The van der Waals surface area contributed by atoms with Crippen LogP contribution in [0.1, 0.15) is 18.1 Å². The van der Waals surface area contributed by atoms with Crippen molar-refractivity contribution < 1.29 is 14.3 Å². The van der Waals surface area contributed by atoms with Crippen LogP contribution in [0.5, 0.6) is 5.75 Å². The van der Waals surface area contributed by atoms with E-state index in [-0.39, 0.29) is 17.6 Å². The van der Waals surface area contributed by atoms with E-state index < -0.39 is 6.04 Å². The fraction of sp³-hybridized carbons (Fsp3) is 0.172. The predicted molar refractivity (Wildman–Crippen MR) is 151 cm³/mol. The molecular formula is C29H25N5O3S. The molecule has 3 aromatic carbocycles. The van der Waals surface area contributed by atoms with Crippen molar-refractivity contribution in [1.82, 2.24) is 9.88 Å². The fourth-order valence-corrected chi connectivity index (χ4v) is 5.47. The highest BCUT2D eigenvalue weighted by Gasteiger charge is 2.41. The molecule has 0 unspecified atom stereocenters. The van der Waals surface area contributed by atoms with Crippen LogP contribution in [-0.2, 0) is 16.0 Å². The zero-order valence-electron chi connectivity index (χ0n) is 20.7. The lowest BCUT2D eigenvalue weighted by Crippen LogP contribution is -2.41. The minimum Gasteiger partial charge on any atom is -0.494 e. The molecule has 0 spiro atoms. The zero-order valence-corrected chi connectivity index (χ0v) is 21.5. The van der Waals surface area contributed by atoms with Gasteiger partial charge in [0.05, 0.1) is 18.0 Å². The van der Waals surface area contributed by atoms with Crippen LogP contribution in [0, 0.1) is 0 Å². The maximum Gasteiger partial charge on any atom is 0.259 e. The number of H-pyrrole nitrogens is 1. The third-order valence-corrected chi connectivity index (χ3v) is 7.36. The number of amidine groups is 2. The Bertz CT molecular complexity index is 1590. The smallest absolute Gasteiger partial charge is 0.259 e. The number of nitrogens with one attached hydrogen (secondary N) is 2. The van der Waals surface area contributed by atoms with Crippen molar-refractivity contribution in [3.63, 3.8) is 0 Å². The van der Waals surface area contributed by atoms with Crippen molar-refractivity contribution in [3.8, 4) is 5.75 Å². The summed E-state index contributed by atoms with van der Waals surface area (Å²) in [4.78, 5) is 40.8. The van der Waals surface area contributed by atoms with E-state index in [4.69, 9.17) is 14.7 Å². The molecule has 0 radical (unpaired) electrons. The number of hydrogen-bond donors (Lipinski definition) is 2. The largest absolute Gasteiger partial charge is 0.494 e. The maximum atomic E-state index is 13.6. The number of carbonyl (C=O) groups excluding carboxylic acids is 2. The first-order valence-corrected chi connectivity index (χ1v) is 13.4. The molecule has 2 N–H and O–H groups in total. The second-order valence-corrected chi connectivity index (χ2v) is 9.85. The van der Waals surface area contributed by atoms with Gasteiger partial charge in [-0.15, -0.1) is 0 Å². The van der Waals surface area contributed by atoms with Gasteiger partial charge in [-0.25, -0.2) is 9.89 Å². The standard InChI is InChI=1S/C29H25N5O3S/c1-2-37-20-13-11-19(12-14-20)31-26(35)17-38-29-33-24-10-6-4-8-22(24)27-32-25(28(36)34(27)29)15-18-16-30-23-9-5-3-7-21(18)23/h3-14,16,25,30H,2,15,17H2,1H3,(H,31,35)/t25-/m0/s1. The number of aromatic amines is 1.